The monoisotopic (exact) mass is 659 g/mol. The minimum absolute atomic E-state index is 0.0837. The van der Waals surface area contributed by atoms with Gasteiger partial charge in [-0.1, -0.05) is 6.07 Å². The molecule has 0 radical (unpaired) electrons. The van der Waals surface area contributed by atoms with Crippen LogP contribution in [-0.2, 0) is 16.1 Å². The van der Waals surface area contributed by atoms with Crippen LogP contribution in [-0.4, -0.2) is 88.5 Å². The number of fused-ring (bicyclic) bond motifs is 2. The number of piperidine rings is 2. The van der Waals surface area contributed by atoms with Crippen molar-refractivity contribution in [2.24, 2.45) is 5.92 Å². The number of amides is 2. The standard InChI is InChI=1S/C36H49N7O5/c1-23-15-26(25-10-13-40(14-11-25)27-19-42(20-27)33(44)47-35(2,3)4)16-29-30(23)46-21-28-31(41-12-8-9-24(17-37)18-41)38-22-39-32(28)43(29)34(45)48-36(5,6)7/h15-16,22,24-25,27H,8-14,18-21H2,1-7H3. The van der Waals surface area contributed by atoms with Crippen LogP contribution >= 0.6 is 0 Å². The van der Waals surface area contributed by atoms with E-state index in [0.717, 1.165) is 56.4 Å². The summed E-state index contributed by atoms with van der Waals surface area (Å²) >= 11 is 0. The second-order valence-electron chi connectivity index (χ2n) is 15.6. The number of aryl methyl sites for hydroxylation is 1. The molecule has 3 saturated heterocycles. The van der Waals surface area contributed by atoms with Crippen LogP contribution in [0.15, 0.2) is 18.5 Å². The van der Waals surface area contributed by atoms with E-state index >= 15 is 0 Å². The Kier molecular flexibility index (Phi) is 9.20. The van der Waals surface area contributed by atoms with E-state index in [-0.39, 0.29) is 18.6 Å². The molecule has 1 aromatic carbocycles. The number of hydrogen-bond acceptors (Lipinski definition) is 10. The smallest absolute Gasteiger partial charge is 0.420 e. The van der Waals surface area contributed by atoms with Gasteiger partial charge >= 0.3 is 12.2 Å². The zero-order valence-electron chi connectivity index (χ0n) is 29.4. The summed E-state index contributed by atoms with van der Waals surface area (Å²) in [6.45, 7) is 18.0. The molecule has 258 valence electrons. The lowest BCUT2D eigenvalue weighted by Crippen LogP contribution is -2.62. The highest BCUT2D eigenvalue weighted by Crippen LogP contribution is 2.46. The summed E-state index contributed by atoms with van der Waals surface area (Å²) in [6.07, 6.45) is 4.39. The highest BCUT2D eigenvalue weighted by molar-refractivity contribution is 5.99. The fourth-order valence-corrected chi connectivity index (χ4v) is 7.15. The topological polar surface area (TPSA) is 124 Å². The van der Waals surface area contributed by atoms with Crippen molar-refractivity contribution in [3.8, 4) is 11.8 Å². The van der Waals surface area contributed by atoms with Gasteiger partial charge in [0.25, 0.3) is 0 Å². The molecule has 1 atom stereocenters. The van der Waals surface area contributed by atoms with Crippen molar-refractivity contribution in [3.05, 3.63) is 35.2 Å². The Morgan fingerprint density at radius 2 is 1.58 bits per heavy atom. The van der Waals surface area contributed by atoms with Crippen molar-refractivity contribution < 1.29 is 23.8 Å². The molecule has 4 aliphatic heterocycles. The quantitative estimate of drug-likeness (QED) is 0.371. The summed E-state index contributed by atoms with van der Waals surface area (Å²) in [5.41, 5.74) is 2.18. The number of rotatable bonds is 3. The number of carbonyl (C=O) groups excluding carboxylic acids is 2. The van der Waals surface area contributed by atoms with Crippen LogP contribution in [0.2, 0.25) is 0 Å². The van der Waals surface area contributed by atoms with Crippen LogP contribution < -0.4 is 14.5 Å². The predicted octanol–water partition coefficient (Wildman–Crippen LogP) is 6.29. The zero-order chi connectivity index (χ0) is 34.4. The van der Waals surface area contributed by atoms with E-state index in [1.807, 2.05) is 48.5 Å². The van der Waals surface area contributed by atoms with Gasteiger partial charge in [-0.2, -0.15) is 5.26 Å². The molecule has 12 heteroatoms. The van der Waals surface area contributed by atoms with Crippen molar-refractivity contribution in [2.45, 2.75) is 104 Å². The Balaban J connectivity index is 1.25. The summed E-state index contributed by atoms with van der Waals surface area (Å²) in [7, 11) is 0. The molecule has 48 heavy (non-hydrogen) atoms. The van der Waals surface area contributed by atoms with Gasteiger partial charge in [0, 0.05) is 32.2 Å². The van der Waals surface area contributed by atoms with Crippen molar-refractivity contribution in [1.29, 1.82) is 5.26 Å². The van der Waals surface area contributed by atoms with Crippen LogP contribution in [0.4, 0.5) is 26.9 Å². The Labute approximate surface area is 283 Å². The fourth-order valence-electron chi connectivity index (χ4n) is 7.15. The van der Waals surface area contributed by atoms with Gasteiger partial charge in [-0.05, 0) is 110 Å². The van der Waals surface area contributed by atoms with Crippen LogP contribution in [0.5, 0.6) is 5.75 Å². The van der Waals surface area contributed by atoms with Crippen LogP contribution in [0.3, 0.4) is 0 Å². The largest absolute Gasteiger partial charge is 0.486 e. The van der Waals surface area contributed by atoms with Gasteiger partial charge in [0.2, 0.25) is 0 Å². The molecular formula is C36H49N7O5. The molecule has 1 unspecified atom stereocenters. The number of aromatic nitrogens is 2. The Morgan fingerprint density at radius 1 is 0.917 bits per heavy atom. The fraction of sp³-hybridized carbons (Fsp3) is 0.639. The molecule has 0 aliphatic carbocycles. The minimum Gasteiger partial charge on any atom is -0.486 e. The summed E-state index contributed by atoms with van der Waals surface area (Å²) in [5, 5.41) is 9.64. The molecule has 2 amide bonds. The third kappa shape index (κ3) is 7.16. The molecule has 2 aromatic rings. The second-order valence-corrected chi connectivity index (χ2v) is 15.6. The molecule has 6 rings (SSSR count). The van der Waals surface area contributed by atoms with E-state index in [4.69, 9.17) is 14.2 Å². The number of anilines is 3. The SMILES string of the molecule is Cc1cc(C2CCN(C3CN(C(=O)OC(C)(C)C)C3)CC2)cc2c1OCc1c(N3CCCC(C#N)C3)ncnc1N2C(=O)OC(C)(C)C. The number of ether oxygens (including phenoxy) is 3. The summed E-state index contributed by atoms with van der Waals surface area (Å²) in [4.78, 5) is 43.8. The van der Waals surface area contributed by atoms with Gasteiger partial charge in [-0.15, -0.1) is 0 Å². The Hall–Kier alpha value is -4.11. The average molecular weight is 660 g/mol. The lowest BCUT2D eigenvalue weighted by molar-refractivity contribution is -0.0196. The molecule has 1 aromatic heterocycles. The number of nitriles is 1. The van der Waals surface area contributed by atoms with E-state index in [1.54, 1.807) is 9.80 Å². The normalized spacial score (nSPS) is 20.9. The Bertz CT molecular complexity index is 1580. The summed E-state index contributed by atoms with van der Waals surface area (Å²) < 4.78 is 18.0. The lowest BCUT2D eigenvalue weighted by atomic mass is 9.87. The molecule has 0 N–H and O–H groups in total. The second kappa shape index (κ2) is 13.1. The summed E-state index contributed by atoms with van der Waals surface area (Å²) in [6, 6.07) is 7.02. The molecule has 12 nitrogen and oxygen atoms in total. The molecule has 3 fully saturated rings. The number of nitrogens with zero attached hydrogens (tertiary/aromatic N) is 7. The molecular weight excluding hydrogens is 610 g/mol. The van der Waals surface area contributed by atoms with Crippen molar-refractivity contribution in [2.75, 3.05) is 49.1 Å². The van der Waals surface area contributed by atoms with Gasteiger partial charge in [0.1, 0.15) is 35.7 Å². The zero-order valence-corrected chi connectivity index (χ0v) is 29.4. The van der Waals surface area contributed by atoms with Gasteiger partial charge in [-0.3, -0.25) is 4.90 Å². The number of benzene rings is 1. The number of likely N-dealkylation sites (tertiary alicyclic amines) is 2. The van der Waals surface area contributed by atoms with E-state index in [0.29, 0.717) is 60.2 Å². The third-order valence-corrected chi connectivity index (χ3v) is 9.50. The van der Waals surface area contributed by atoms with E-state index < -0.39 is 17.3 Å². The number of carbonyl (C=O) groups is 2. The van der Waals surface area contributed by atoms with Gasteiger partial charge < -0.3 is 24.0 Å². The average Bonchev–Trinajstić information content (AvgIpc) is 3.16. The first-order valence-corrected chi connectivity index (χ1v) is 17.2. The van der Waals surface area contributed by atoms with Crippen molar-refractivity contribution in [1.82, 2.24) is 19.8 Å². The maximum absolute atomic E-state index is 14.1. The molecule has 0 saturated carbocycles. The first kappa shape index (κ1) is 33.8. The maximum atomic E-state index is 14.1. The van der Waals surface area contributed by atoms with Crippen LogP contribution in [0.25, 0.3) is 0 Å². The molecule has 4 aliphatic rings. The third-order valence-electron chi connectivity index (χ3n) is 9.50. The first-order valence-electron chi connectivity index (χ1n) is 17.2. The van der Waals surface area contributed by atoms with E-state index in [2.05, 4.69) is 38.0 Å². The molecule has 5 heterocycles. The minimum atomic E-state index is -0.729. The van der Waals surface area contributed by atoms with Crippen molar-refractivity contribution >= 4 is 29.5 Å². The lowest BCUT2D eigenvalue weighted by Gasteiger charge is -2.47. The van der Waals surface area contributed by atoms with Crippen molar-refractivity contribution in [3.63, 3.8) is 0 Å². The summed E-state index contributed by atoms with van der Waals surface area (Å²) in [5.74, 6) is 1.97. The predicted molar refractivity (Wildman–Crippen MR) is 182 cm³/mol. The molecule has 0 bridgehead atoms. The highest BCUT2D eigenvalue weighted by Gasteiger charge is 2.40. The van der Waals surface area contributed by atoms with E-state index in [1.165, 1.54) is 6.33 Å². The number of hydrogen-bond donors (Lipinski definition) is 0. The van der Waals surface area contributed by atoms with Gasteiger partial charge in [0.15, 0.2) is 5.82 Å². The van der Waals surface area contributed by atoms with Gasteiger partial charge in [0.05, 0.1) is 23.2 Å². The van der Waals surface area contributed by atoms with Crippen LogP contribution in [0.1, 0.15) is 89.8 Å². The molecule has 0 spiro atoms. The Morgan fingerprint density at radius 3 is 2.25 bits per heavy atom. The van der Waals surface area contributed by atoms with E-state index in [9.17, 15) is 14.9 Å². The highest BCUT2D eigenvalue weighted by atomic mass is 16.6. The van der Waals surface area contributed by atoms with Gasteiger partial charge in [-0.25, -0.2) is 24.5 Å². The first-order chi connectivity index (χ1) is 22.7. The maximum Gasteiger partial charge on any atom is 0.420 e. The van der Waals surface area contributed by atoms with Crippen LogP contribution in [0, 0.1) is 24.2 Å².